The Labute approximate surface area is 122 Å². The van der Waals surface area contributed by atoms with Crippen LogP contribution in [0.5, 0.6) is 0 Å². The fourth-order valence-corrected chi connectivity index (χ4v) is 4.66. The normalized spacial score (nSPS) is 14.2. The number of aryl methyl sites for hydroxylation is 2. The number of anilines is 1. The van der Waals surface area contributed by atoms with Crippen molar-refractivity contribution in [2.45, 2.75) is 30.7 Å². The molecule has 0 amide bonds. The van der Waals surface area contributed by atoms with E-state index in [2.05, 4.69) is 4.72 Å². The van der Waals surface area contributed by atoms with Crippen LogP contribution in [-0.4, -0.2) is 8.42 Å². The molecule has 1 aromatic carbocycles. The van der Waals surface area contributed by atoms with Gasteiger partial charge >= 0.3 is 0 Å². The van der Waals surface area contributed by atoms with Crippen molar-refractivity contribution in [3.8, 4) is 0 Å². The van der Waals surface area contributed by atoms with E-state index in [1.807, 2.05) is 18.2 Å². The molecule has 0 unspecified atom stereocenters. The summed E-state index contributed by atoms with van der Waals surface area (Å²) < 4.78 is 27.2. The van der Waals surface area contributed by atoms with Crippen molar-refractivity contribution in [1.29, 1.82) is 0 Å². The van der Waals surface area contributed by atoms with Gasteiger partial charge in [-0.3, -0.25) is 4.72 Å². The monoisotopic (exact) mass is 308 g/mol. The van der Waals surface area contributed by atoms with Crippen LogP contribution in [-0.2, 0) is 29.4 Å². The second kappa shape index (κ2) is 5.20. The number of sulfonamides is 1. The van der Waals surface area contributed by atoms with Crippen LogP contribution in [0.25, 0.3) is 0 Å². The molecule has 2 aromatic rings. The number of fused-ring (bicyclic) bond motifs is 1. The molecule has 1 aromatic heterocycles. The molecule has 0 atom stereocenters. The summed E-state index contributed by atoms with van der Waals surface area (Å²) in [5, 5.41) is 1.62. The third-order valence-electron chi connectivity index (χ3n) is 3.49. The first-order chi connectivity index (χ1) is 9.58. The van der Waals surface area contributed by atoms with Crippen LogP contribution >= 0.6 is 11.3 Å². The molecule has 0 saturated heterocycles. The van der Waals surface area contributed by atoms with Gasteiger partial charge in [-0.1, -0.05) is 6.07 Å². The van der Waals surface area contributed by atoms with E-state index in [-0.39, 0.29) is 4.90 Å². The van der Waals surface area contributed by atoms with Crippen LogP contribution in [0, 0.1) is 0 Å². The minimum absolute atomic E-state index is 0.281. The molecular formula is C14H16N2O2S2. The Morgan fingerprint density at radius 1 is 1.20 bits per heavy atom. The first-order valence-corrected chi connectivity index (χ1v) is 8.87. The molecule has 0 fully saturated rings. The first-order valence-electron chi connectivity index (χ1n) is 6.50. The SMILES string of the molecule is NCc1cc(S(=O)(=O)Nc2ccc3c(c2)CCC3)cs1. The second-order valence-electron chi connectivity index (χ2n) is 4.90. The van der Waals surface area contributed by atoms with Crippen LogP contribution in [0.15, 0.2) is 34.5 Å². The summed E-state index contributed by atoms with van der Waals surface area (Å²) in [5.74, 6) is 0. The highest BCUT2D eigenvalue weighted by molar-refractivity contribution is 7.92. The minimum atomic E-state index is -3.52. The Bertz CT molecular complexity index is 735. The van der Waals surface area contributed by atoms with Crippen LogP contribution < -0.4 is 10.5 Å². The minimum Gasteiger partial charge on any atom is -0.326 e. The summed E-state index contributed by atoms with van der Waals surface area (Å²) in [7, 11) is -3.52. The molecule has 0 bridgehead atoms. The molecule has 3 rings (SSSR count). The topological polar surface area (TPSA) is 72.2 Å². The predicted molar refractivity (Wildman–Crippen MR) is 81.5 cm³/mol. The Balaban J connectivity index is 1.86. The van der Waals surface area contributed by atoms with Crippen molar-refractivity contribution >= 4 is 27.0 Å². The van der Waals surface area contributed by atoms with Crippen LogP contribution in [0.2, 0.25) is 0 Å². The lowest BCUT2D eigenvalue weighted by molar-refractivity contribution is 0.601. The average Bonchev–Trinajstić information content (AvgIpc) is 3.06. The molecule has 4 nitrogen and oxygen atoms in total. The average molecular weight is 308 g/mol. The van der Waals surface area contributed by atoms with Crippen LogP contribution in [0.1, 0.15) is 22.4 Å². The molecule has 3 N–H and O–H groups in total. The Hall–Kier alpha value is -1.37. The van der Waals surface area contributed by atoms with E-state index in [0.29, 0.717) is 12.2 Å². The Kier molecular flexibility index (Phi) is 3.54. The number of hydrogen-bond donors (Lipinski definition) is 2. The molecule has 0 saturated carbocycles. The molecular weight excluding hydrogens is 292 g/mol. The van der Waals surface area contributed by atoms with Gasteiger partial charge in [-0.15, -0.1) is 11.3 Å². The van der Waals surface area contributed by atoms with Gasteiger partial charge in [0.25, 0.3) is 10.0 Å². The standard InChI is InChI=1S/C14H16N2O2S2/c15-8-13-7-14(9-19-13)20(17,18)16-12-5-4-10-2-1-3-11(10)6-12/h4-7,9,16H,1-3,8,15H2. The summed E-state index contributed by atoms with van der Waals surface area (Å²) in [5.41, 5.74) is 8.72. The van der Waals surface area contributed by atoms with Gasteiger partial charge in [0.05, 0.1) is 4.90 Å². The molecule has 0 spiro atoms. The quantitative estimate of drug-likeness (QED) is 0.911. The number of rotatable bonds is 4. The van der Waals surface area contributed by atoms with E-state index >= 15 is 0 Å². The summed E-state index contributed by atoms with van der Waals surface area (Å²) in [6.07, 6.45) is 3.27. The van der Waals surface area contributed by atoms with Gasteiger partial charge in [0.1, 0.15) is 0 Å². The fraction of sp³-hybridized carbons (Fsp3) is 0.286. The van der Waals surface area contributed by atoms with Gasteiger partial charge < -0.3 is 5.73 Å². The van der Waals surface area contributed by atoms with Gasteiger partial charge in [-0.25, -0.2) is 8.42 Å². The van der Waals surface area contributed by atoms with Gasteiger partial charge in [0.15, 0.2) is 0 Å². The first kappa shape index (κ1) is 13.6. The molecule has 0 aliphatic heterocycles. The zero-order chi connectivity index (χ0) is 14.2. The highest BCUT2D eigenvalue weighted by atomic mass is 32.2. The Morgan fingerprint density at radius 3 is 2.75 bits per heavy atom. The smallest absolute Gasteiger partial charge is 0.262 e. The van der Waals surface area contributed by atoms with E-state index < -0.39 is 10.0 Å². The molecule has 20 heavy (non-hydrogen) atoms. The van der Waals surface area contributed by atoms with Gasteiger partial charge in [-0.05, 0) is 48.6 Å². The summed E-state index contributed by atoms with van der Waals surface area (Å²) >= 11 is 1.36. The number of hydrogen-bond acceptors (Lipinski definition) is 4. The molecule has 6 heteroatoms. The number of benzene rings is 1. The summed E-state index contributed by atoms with van der Waals surface area (Å²) in [4.78, 5) is 1.14. The van der Waals surface area contributed by atoms with Gasteiger partial charge in [0.2, 0.25) is 0 Å². The fourth-order valence-electron chi connectivity index (χ4n) is 2.46. The second-order valence-corrected chi connectivity index (χ2v) is 7.57. The van der Waals surface area contributed by atoms with Crippen molar-refractivity contribution in [3.63, 3.8) is 0 Å². The molecule has 1 heterocycles. The predicted octanol–water partition coefficient (Wildman–Crippen LogP) is 2.50. The highest BCUT2D eigenvalue weighted by Crippen LogP contribution is 2.27. The van der Waals surface area contributed by atoms with Crippen molar-refractivity contribution in [1.82, 2.24) is 0 Å². The van der Waals surface area contributed by atoms with Crippen molar-refractivity contribution < 1.29 is 8.42 Å². The lowest BCUT2D eigenvalue weighted by Gasteiger charge is -2.08. The van der Waals surface area contributed by atoms with E-state index in [0.717, 1.165) is 24.1 Å². The van der Waals surface area contributed by atoms with Crippen molar-refractivity contribution in [3.05, 3.63) is 45.6 Å². The van der Waals surface area contributed by atoms with E-state index in [4.69, 9.17) is 5.73 Å². The maximum atomic E-state index is 12.3. The molecule has 106 valence electrons. The highest BCUT2D eigenvalue weighted by Gasteiger charge is 2.18. The van der Waals surface area contributed by atoms with Crippen molar-refractivity contribution in [2.24, 2.45) is 5.73 Å². The maximum absolute atomic E-state index is 12.3. The van der Waals surface area contributed by atoms with E-state index in [9.17, 15) is 8.42 Å². The lowest BCUT2D eigenvalue weighted by atomic mass is 10.1. The maximum Gasteiger partial charge on any atom is 0.262 e. The largest absolute Gasteiger partial charge is 0.326 e. The number of thiophene rings is 1. The Morgan fingerprint density at radius 2 is 2.00 bits per heavy atom. The van der Waals surface area contributed by atoms with Gasteiger partial charge in [-0.2, -0.15) is 0 Å². The van der Waals surface area contributed by atoms with Crippen LogP contribution in [0.4, 0.5) is 5.69 Å². The zero-order valence-electron chi connectivity index (χ0n) is 10.9. The van der Waals surface area contributed by atoms with E-state index in [1.165, 1.54) is 22.5 Å². The van der Waals surface area contributed by atoms with Crippen molar-refractivity contribution in [2.75, 3.05) is 4.72 Å². The summed E-state index contributed by atoms with van der Waals surface area (Å²) in [6, 6.07) is 7.41. The lowest BCUT2D eigenvalue weighted by Crippen LogP contribution is -2.12. The molecule has 0 radical (unpaired) electrons. The zero-order valence-corrected chi connectivity index (χ0v) is 12.6. The third-order valence-corrected chi connectivity index (χ3v) is 5.96. The number of nitrogens with one attached hydrogen (secondary N) is 1. The summed E-state index contributed by atoms with van der Waals surface area (Å²) in [6.45, 7) is 0.360. The third kappa shape index (κ3) is 2.59. The van der Waals surface area contributed by atoms with Crippen LogP contribution in [0.3, 0.4) is 0 Å². The molecule has 1 aliphatic carbocycles. The number of nitrogens with two attached hydrogens (primary N) is 1. The van der Waals surface area contributed by atoms with E-state index in [1.54, 1.807) is 11.4 Å². The van der Waals surface area contributed by atoms with Gasteiger partial charge in [0, 0.05) is 22.5 Å². The molecule has 1 aliphatic rings.